The van der Waals surface area contributed by atoms with Crippen molar-refractivity contribution in [1.82, 2.24) is 0 Å². The van der Waals surface area contributed by atoms with Crippen molar-refractivity contribution in [3.63, 3.8) is 0 Å². The van der Waals surface area contributed by atoms with Gasteiger partial charge in [-0.05, 0) is 43.5 Å². The molecule has 0 atom stereocenters. The molecule has 1 fully saturated rings. The number of benzene rings is 1. The highest BCUT2D eigenvalue weighted by atomic mass is 15.1. The van der Waals surface area contributed by atoms with Crippen molar-refractivity contribution in [3.8, 4) is 0 Å². The molecule has 1 heterocycles. The molecule has 0 N–H and O–H groups in total. The van der Waals surface area contributed by atoms with Gasteiger partial charge in [-0.2, -0.15) is 0 Å². The average Bonchev–Trinajstić information content (AvgIpc) is 2.30. The van der Waals surface area contributed by atoms with Gasteiger partial charge in [-0.15, -0.1) is 0 Å². The first kappa shape index (κ1) is 10.3. The fourth-order valence-corrected chi connectivity index (χ4v) is 2.11. The summed E-state index contributed by atoms with van der Waals surface area (Å²) in [7, 11) is 4.16. The first-order chi connectivity index (χ1) is 7.27. The Bertz CT molecular complexity index is 297. The highest BCUT2D eigenvalue weighted by molar-refractivity contribution is 5.55. The topological polar surface area (TPSA) is 6.48 Å². The zero-order valence-corrected chi connectivity index (χ0v) is 9.74. The summed E-state index contributed by atoms with van der Waals surface area (Å²) in [4.78, 5) is 4.63. The van der Waals surface area contributed by atoms with E-state index in [0.717, 1.165) is 0 Å². The second-order valence-electron chi connectivity index (χ2n) is 4.46. The van der Waals surface area contributed by atoms with Crippen molar-refractivity contribution in [2.24, 2.45) is 0 Å². The van der Waals surface area contributed by atoms with E-state index in [0.29, 0.717) is 0 Å². The molecular formula is C13H20N2. The Hall–Kier alpha value is -1.18. The molecule has 0 aliphatic carbocycles. The summed E-state index contributed by atoms with van der Waals surface area (Å²) < 4.78 is 0. The molecule has 1 aliphatic rings. The number of rotatable bonds is 2. The van der Waals surface area contributed by atoms with E-state index in [9.17, 15) is 0 Å². The van der Waals surface area contributed by atoms with Crippen molar-refractivity contribution >= 4 is 11.4 Å². The normalized spacial score (nSPS) is 16.5. The van der Waals surface area contributed by atoms with Crippen LogP contribution < -0.4 is 9.80 Å². The zero-order valence-electron chi connectivity index (χ0n) is 9.74. The molecule has 2 rings (SSSR count). The molecule has 2 heteroatoms. The lowest BCUT2D eigenvalue weighted by Crippen LogP contribution is -2.29. The predicted octanol–water partition coefficient (Wildman–Crippen LogP) is 2.74. The molecule has 1 saturated heterocycles. The Labute approximate surface area is 92.5 Å². The first-order valence-electron chi connectivity index (χ1n) is 5.80. The third-order valence-electron chi connectivity index (χ3n) is 3.09. The lowest BCUT2D eigenvalue weighted by Gasteiger charge is -2.29. The maximum atomic E-state index is 2.49. The van der Waals surface area contributed by atoms with Crippen LogP contribution in [0.3, 0.4) is 0 Å². The Balaban J connectivity index is 2.08. The summed E-state index contributed by atoms with van der Waals surface area (Å²) in [6, 6.07) is 8.87. The highest BCUT2D eigenvalue weighted by Crippen LogP contribution is 2.22. The molecule has 0 aromatic heterocycles. The molecule has 2 nitrogen and oxygen atoms in total. The van der Waals surface area contributed by atoms with Gasteiger partial charge < -0.3 is 9.80 Å². The van der Waals surface area contributed by atoms with Gasteiger partial charge in [0.15, 0.2) is 0 Å². The van der Waals surface area contributed by atoms with E-state index >= 15 is 0 Å². The average molecular weight is 204 g/mol. The second kappa shape index (κ2) is 4.56. The van der Waals surface area contributed by atoms with Crippen LogP contribution in [0.15, 0.2) is 24.3 Å². The molecule has 1 aliphatic heterocycles. The van der Waals surface area contributed by atoms with E-state index in [1.165, 1.54) is 43.7 Å². The number of nitrogens with zero attached hydrogens (tertiary/aromatic N) is 2. The molecule has 0 amide bonds. The molecule has 0 spiro atoms. The fourth-order valence-electron chi connectivity index (χ4n) is 2.11. The van der Waals surface area contributed by atoms with E-state index in [4.69, 9.17) is 0 Å². The molecular weight excluding hydrogens is 184 g/mol. The molecule has 1 aromatic rings. The quantitative estimate of drug-likeness (QED) is 0.731. The van der Waals surface area contributed by atoms with Gasteiger partial charge in [0.2, 0.25) is 0 Å². The zero-order chi connectivity index (χ0) is 10.7. The van der Waals surface area contributed by atoms with Gasteiger partial charge in [0.1, 0.15) is 0 Å². The maximum Gasteiger partial charge on any atom is 0.0367 e. The van der Waals surface area contributed by atoms with E-state index in [1.54, 1.807) is 0 Å². The molecule has 0 saturated carbocycles. The first-order valence-corrected chi connectivity index (χ1v) is 5.80. The van der Waals surface area contributed by atoms with Crippen LogP contribution in [0.1, 0.15) is 19.3 Å². The minimum Gasteiger partial charge on any atom is -0.378 e. The Morgan fingerprint density at radius 3 is 2.07 bits per heavy atom. The minimum atomic E-state index is 1.22. The van der Waals surface area contributed by atoms with E-state index in [1.807, 2.05) is 0 Å². The minimum absolute atomic E-state index is 1.22. The van der Waals surface area contributed by atoms with Crippen LogP contribution in [-0.2, 0) is 0 Å². The standard InChI is InChI=1S/C13H20N2/c1-14(2)12-6-8-13(9-7-12)15-10-4-3-5-11-15/h6-9H,3-5,10-11H2,1-2H3. The van der Waals surface area contributed by atoms with E-state index < -0.39 is 0 Å². The Kier molecular flexibility index (Phi) is 3.14. The monoisotopic (exact) mass is 204 g/mol. The smallest absolute Gasteiger partial charge is 0.0367 e. The van der Waals surface area contributed by atoms with Gasteiger partial charge in [0.25, 0.3) is 0 Å². The SMILES string of the molecule is CN(C)c1ccc(N2CCCCC2)cc1. The largest absolute Gasteiger partial charge is 0.378 e. The summed E-state index contributed by atoms with van der Waals surface area (Å²) in [5.74, 6) is 0. The molecule has 82 valence electrons. The van der Waals surface area contributed by atoms with E-state index in [-0.39, 0.29) is 0 Å². The third kappa shape index (κ3) is 2.44. The number of hydrogen-bond acceptors (Lipinski definition) is 2. The lowest BCUT2D eigenvalue weighted by atomic mass is 10.1. The Morgan fingerprint density at radius 1 is 0.933 bits per heavy atom. The van der Waals surface area contributed by atoms with Crippen molar-refractivity contribution in [2.75, 3.05) is 37.0 Å². The van der Waals surface area contributed by atoms with Crippen LogP contribution in [0.2, 0.25) is 0 Å². The third-order valence-corrected chi connectivity index (χ3v) is 3.09. The van der Waals surface area contributed by atoms with Gasteiger partial charge >= 0.3 is 0 Å². The summed E-state index contributed by atoms with van der Waals surface area (Å²) in [5, 5.41) is 0. The van der Waals surface area contributed by atoms with Crippen molar-refractivity contribution in [3.05, 3.63) is 24.3 Å². The molecule has 0 radical (unpaired) electrons. The van der Waals surface area contributed by atoms with Gasteiger partial charge in [-0.25, -0.2) is 0 Å². The van der Waals surface area contributed by atoms with Crippen molar-refractivity contribution < 1.29 is 0 Å². The summed E-state index contributed by atoms with van der Waals surface area (Å²) in [5.41, 5.74) is 2.65. The number of anilines is 2. The molecule has 0 unspecified atom stereocenters. The second-order valence-corrected chi connectivity index (χ2v) is 4.46. The lowest BCUT2D eigenvalue weighted by molar-refractivity contribution is 0.578. The van der Waals surface area contributed by atoms with Crippen LogP contribution >= 0.6 is 0 Å². The van der Waals surface area contributed by atoms with Crippen LogP contribution in [-0.4, -0.2) is 27.2 Å². The van der Waals surface area contributed by atoms with E-state index in [2.05, 4.69) is 48.2 Å². The Morgan fingerprint density at radius 2 is 1.53 bits per heavy atom. The summed E-state index contributed by atoms with van der Waals surface area (Å²) in [6.45, 7) is 2.45. The molecule has 15 heavy (non-hydrogen) atoms. The van der Waals surface area contributed by atoms with Crippen molar-refractivity contribution in [2.45, 2.75) is 19.3 Å². The summed E-state index contributed by atoms with van der Waals surface area (Å²) in [6.07, 6.45) is 4.08. The molecule has 0 bridgehead atoms. The highest BCUT2D eigenvalue weighted by Gasteiger charge is 2.10. The summed E-state index contributed by atoms with van der Waals surface area (Å²) >= 11 is 0. The predicted molar refractivity (Wildman–Crippen MR) is 66.8 cm³/mol. The number of hydrogen-bond donors (Lipinski definition) is 0. The van der Waals surface area contributed by atoms with Gasteiger partial charge in [-0.3, -0.25) is 0 Å². The van der Waals surface area contributed by atoms with Crippen LogP contribution in [0.4, 0.5) is 11.4 Å². The molecule has 1 aromatic carbocycles. The fraction of sp³-hybridized carbons (Fsp3) is 0.538. The van der Waals surface area contributed by atoms with Crippen LogP contribution in [0, 0.1) is 0 Å². The van der Waals surface area contributed by atoms with Crippen molar-refractivity contribution in [1.29, 1.82) is 0 Å². The van der Waals surface area contributed by atoms with Crippen LogP contribution in [0.5, 0.6) is 0 Å². The van der Waals surface area contributed by atoms with Gasteiger partial charge in [-0.1, -0.05) is 0 Å². The van der Waals surface area contributed by atoms with Crippen LogP contribution in [0.25, 0.3) is 0 Å². The van der Waals surface area contributed by atoms with Gasteiger partial charge in [0.05, 0.1) is 0 Å². The number of piperidine rings is 1. The van der Waals surface area contributed by atoms with Gasteiger partial charge in [0, 0.05) is 38.6 Å². The maximum absolute atomic E-state index is 2.49.